The molecule has 212 valence electrons. The van der Waals surface area contributed by atoms with Crippen LogP contribution in [-0.4, -0.2) is 0 Å². The minimum atomic E-state index is -0.340. The molecule has 5 aromatic rings. The van der Waals surface area contributed by atoms with Gasteiger partial charge in [0, 0.05) is 22.8 Å². The highest BCUT2D eigenvalue weighted by Gasteiger charge is 2.25. The lowest BCUT2D eigenvalue weighted by Crippen LogP contribution is -2.32. The second-order valence-corrected chi connectivity index (χ2v) is 13.7. The number of aromatic nitrogens is 1. The molecule has 0 saturated carbocycles. The molecular weight excluding hydrogens is 515 g/mol. The molecule has 1 heterocycles. The lowest BCUT2D eigenvalue weighted by molar-refractivity contribution is -0.660. The van der Waals surface area contributed by atoms with Crippen molar-refractivity contribution in [2.24, 2.45) is 12.5 Å². The van der Waals surface area contributed by atoms with E-state index in [-0.39, 0.29) is 16.6 Å². The van der Waals surface area contributed by atoms with Crippen LogP contribution < -0.4 is 4.57 Å². The highest BCUT2D eigenvalue weighted by atomic mass is 19.1. The SMILES string of the molecule is Cc1c(-c2cc(-c3ccc(-c4ccc(CC(C)(C)C)cc4)cc3F)c(C#N)c[n+]2C)cc(C(C)(C)C)c2ccccc12. The first-order valence-electron chi connectivity index (χ1n) is 14.6. The van der Waals surface area contributed by atoms with Crippen LogP contribution in [0.1, 0.15) is 63.8 Å². The van der Waals surface area contributed by atoms with Gasteiger partial charge in [0.15, 0.2) is 6.20 Å². The van der Waals surface area contributed by atoms with Gasteiger partial charge in [0.1, 0.15) is 24.5 Å². The summed E-state index contributed by atoms with van der Waals surface area (Å²) in [5, 5.41) is 12.5. The summed E-state index contributed by atoms with van der Waals surface area (Å²) in [6, 6.07) is 28.8. The van der Waals surface area contributed by atoms with E-state index in [2.05, 4.69) is 109 Å². The summed E-state index contributed by atoms with van der Waals surface area (Å²) < 4.78 is 17.8. The standard InChI is InChI=1S/C39H40FN2/c1-25-30-11-9-10-12-31(30)35(39(5,6)7)20-33(25)37-21-34(29(23-41)24-42(37)8)32-18-17-28(19-36(32)40)27-15-13-26(14-16-27)22-38(2,3)4/h9-21,24H,22H2,1-8H3/q+1. The Hall–Kier alpha value is -4.29. The second kappa shape index (κ2) is 10.8. The second-order valence-electron chi connectivity index (χ2n) is 13.7. The van der Waals surface area contributed by atoms with E-state index in [0.29, 0.717) is 16.7 Å². The third kappa shape index (κ3) is 5.72. The van der Waals surface area contributed by atoms with Crippen molar-refractivity contribution in [2.75, 3.05) is 0 Å². The summed E-state index contributed by atoms with van der Waals surface area (Å²) in [6.45, 7) is 15.5. The fourth-order valence-corrected chi connectivity index (χ4v) is 5.98. The van der Waals surface area contributed by atoms with Gasteiger partial charge in [0.25, 0.3) is 0 Å². The lowest BCUT2D eigenvalue weighted by Gasteiger charge is -2.24. The van der Waals surface area contributed by atoms with E-state index in [0.717, 1.165) is 34.4 Å². The molecule has 0 aliphatic carbocycles. The third-order valence-corrected chi connectivity index (χ3v) is 8.07. The first-order valence-corrected chi connectivity index (χ1v) is 14.6. The molecule has 0 amide bonds. The van der Waals surface area contributed by atoms with Gasteiger partial charge in [-0.05, 0) is 74.9 Å². The van der Waals surface area contributed by atoms with Crippen molar-refractivity contribution < 1.29 is 8.96 Å². The van der Waals surface area contributed by atoms with Crippen LogP contribution in [0.15, 0.2) is 85.1 Å². The summed E-state index contributed by atoms with van der Waals surface area (Å²) >= 11 is 0. The van der Waals surface area contributed by atoms with Gasteiger partial charge in [-0.2, -0.15) is 9.83 Å². The number of hydrogen-bond donors (Lipinski definition) is 0. The summed E-state index contributed by atoms with van der Waals surface area (Å²) in [4.78, 5) is 0. The molecule has 3 heteroatoms. The topological polar surface area (TPSA) is 27.7 Å². The monoisotopic (exact) mass is 555 g/mol. The van der Waals surface area contributed by atoms with Gasteiger partial charge in [0.05, 0.1) is 0 Å². The molecule has 0 atom stereocenters. The summed E-state index contributed by atoms with van der Waals surface area (Å²) in [6.07, 6.45) is 2.80. The van der Waals surface area contributed by atoms with Crippen molar-refractivity contribution in [3.63, 3.8) is 0 Å². The van der Waals surface area contributed by atoms with Gasteiger partial charge < -0.3 is 0 Å². The molecule has 0 aliphatic rings. The minimum absolute atomic E-state index is 0.0665. The van der Waals surface area contributed by atoms with Crippen LogP contribution in [0.5, 0.6) is 0 Å². The Labute approximate surface area is 250 Å². The molecule has 0 spiro atoms. The molecule has 0 saturated heterocycles. The average molecular weight is 556 g/mol. The fourth-order valence-electron chi connectivity index (χ4n) is 5.98. The summed E-state index contributed by atoms with van der Waals surface area (Å²) in [7, 11) is 1.95. The van der Waals surface area contributed by atoms with Gasteiger partial charge in [-0.3, -0.25) is 0 Å². The maximum absolute atomic E-state index is 15.9. The van der Waals surface area contributed by atoms with Crippen molar-refractivity contribution in [3.05, 3.63) is 113 Å². The van der Waals surface area contributed by atoms with Crippen LogP contribution in [0.2, 0.25) is 0 Å². The minimum Gasteiger partial charge on any atom is -0.206 e. The Balaban J connectivity index is 1.62. The molecule has 0 fully saturated rings. The van der Waals surface area contributed by atoms with Crippen molar-refractivity contribution in [3.8, 4) is 39.6 Å². The lowest BCUT2D eigenvalue weighted by atomic mass is 9.80. The average Bonchev–Trinajstić information content (AvgIpc) is 2.92. The van der Waals surface area contributed by atoms with Crippen LogP contribution >= 0.6 is 0 Å². The van der Waals surface area contributed by atoms with Crippen LogP contribution in [0, 0.1) is 29.5 Å². The Morgan fingerprint density at radius 2 is 1.40 bits per heavy atom. The highest BCUT2D eigenvalue weighted by molar-refractivity contribution is 5.94. The zero-order valence-corrected chi connectivity index (χ0v) is 26.1. The molecular formula is C39H40FN2+. The molecule has 4 aromatic carbocycles. The zero-order chi connectivity index (χ0) is 30.4. The van der Waals surface area contributed by atoms with Gasteiger partial charge in [-0.1, -0.05) is 102 Å². The smallest absolute Gasteiger partial charge is 0.206 e. The molecule has 2 nitrogen and oxygen atoms in total. The Bertz CT molecular complexity index is 1840. The molecule has 5 rings (SSSR count). The van der Waals surface area contributed by atoms with Crippen molar-refractivity contribution in [1.29, 1.82) is 5.26 Å². The Kier molecular flexibility index (Phi) is 7.54. The third-order valence-electron chi connectivity index (χ3n) is 8.07. The predicted molar refractivity (Wildman–Crippen MR) is 173 cm³/mol. The van der Waals surface area contributed by atoms with E-state index in [1.54, 1.807) is 6.07 Å². The first-order chi connectivity index (χ1) is 19.8. The molecule has 1 aromatic heterocycles. The van der Waals surface area contributed by atoms with Gasteiger partial charge >= 0.3 is 0 Å². The van der Waals surface area contributed by atoms with Gasteiger partial charge in [0.2, 0.25) is 5.69 Å². The normalized spacial score (nSPS) is 12.0. The maximum atomic E-state index is 15.9. The van der Waals surface area contributed by atoms with Crippen LogP contribution in [0.25, 0.3) is 44.3 Å². The number of fused-ring (bicyclic) bond motifs is 1. The molecule has 42 heavy (non-hydrogen) atoms. The number of benzene rings is 4. The van der Waals surface area contributed by atoms with E-state index in [4.69, 9.17) is 0 Å². The van der Waals surface area contributed by atoms with E-state index >= 15 is 4.39 Å². The van der Waals surface area contributed by atoms with Crippen molar-refractivity contribution in [2.45, 2.75) is 60.3 Å². The number of nitrogens with zero attached hydrogens (tertiary/aromatic N) is 2. The van der Waals surface area contributed by atoms with Gasteiger partial charge in [-0.15, -0.1) is 0 Å². The van der Waals surface area contributed by atoms with Gasteiger partial charge in [-0.25, -0.2) is 4.39 Å². The highest BCUT2D eigenvalue weighted by Crippen LogP contribution is 2.39. The number of pyridine rings is 1. The van der Waals surface area contributed by atoms with Crippen molar-refractivity contribution in [1.82, 2.24) is 0 Å². The van der Waals surface area contributed by atoms with E-state index in [9.17, 15) is 5.26 Å². The number of nitriles is 1. The zero-order valence-electron chi connectivity index (χ0n) is 26.1. The van der Waals surface area contributed by atoms with E-state index < -0.39 is 0 Å². The number of halogens is 1. The molecule has 0 N–H and O–H groups in total. The molecule has 0 aliphatic heterocycles. The first kappa shape index (κ1) is 29.2. The Morgan fingerprint density at radius 1 is 0.762 bits per heavy atom. The predicted octanol–water partition coefficient (Wildman–Crippen LogP) is 9.87. The molecule has 0 bridgehead atoms. The molecule has 0 unspecified atom stereocenters. The number of hydrogen-bond acceptors (Lipinski definition) is 1. The molecule has 0 radical (unpaired) electrons. The fraction of sp³-hybridized carbons (Fsp3) is 0.282. The van der Waals surface area contributed by atoms with Crippen LogP contribution in [0.3, 0.4) is 0 Å². The largest absolute Gasteiger partial charge is 0.213 e. The number of aryl methyl sites for hydroxylation is 2. The summed E-state index contributed by atoms with van der Waals surface area (Å²) in [5.74, 6) is -0.340. The summed E-state index contributed by atoms with van der Waals surface area (Å²) in [5.41, 5.74) is 9.11. The number of rotatable bonds is 4. The van der Waals surface area contributed by atoms with Crippen LogP contribution in [0.4, 0.5) is 4.39 Å². The Morgan fingerprint density at radius 3 is 2.00 bits per heavy atom. The maximum Gasteiger partial charge on any atom is 0.213 e. The quantitative estimate of drug-likeness (QED) is 0.203. The van der Waals surface area contributed by atoms with Crippen molar-refractivity contribution >= 4 is 10.8 Å². The van der Waals surface area contributed by atoms with Crippen LogP contribution in [-0.2, 0) is 18.9 Å². The van der Waals surface area contributed by atoms with E-state index in [1.807, 2.05) is 36.0 Å². The van der Waals surface area contributed by atoms with E-state index in [1.165, 1.54) is 21.9 Å².